The van der Waals surface area contributed by atoms with Gasteiger partial charge in [0.25, 0.3) is 0 Å². The molecule has 1 saturated heterocycles. The van der Waals surface area contributed by atoms with Crippen LogP contribution in [0.3, 0.4) is 0 Å². The average molecular weight is 354 g/mol. The van der Waals surface area contributed by atoms with Gasteiger partial charge in [0.1, 0.15) is 35.4 Å². The van der Waals surface area contributed by atoms with Crippen LogP contribution < -0.4 is 14.7 Å². The minimum absolute atomic E-state index is 0.118. The Kier molecular flexibility index (Phi) is 5.21. The predicted octanol–water partition coefficient (Wildman–Crippen LogP) is 2.66. The van der Waals surface area contributed by atoms with E-state index < -0.39 is 5.82 Å². The smallest absolute Gasteiger partial charge is 0.143 e. The summed E-state index contributed by atoms with van der Waals surface area (Å²) in [5.41, 5.74) is 0.787. The summed E-state index contributed by atoms with van der Waals surface area (Å²) < 4.78 is 14.0. The van der Waals surface area contributed by atoms with Crippen LogP contribution in [-0.4, -0.2) is 50.2 Å². The van der Waals surface area contributed by atoms with Gasteiger partial charge in [0.05, 0.1) is 5.69 Å². The third kappa shape index (κ3) is 3.54. The fraction of sp³-hybridized carbons (Fsp3) is 0.421. The molecule has 1 unspecified atom stereocenters. The fourth-order valence-corrected chi connectivity index (χ4v) is 3.34. The van der Waals surface area contributed by atoms with Crippen molar-refractivity contribution in [3.63, 3.8) is 0 Å². The highest BCUT2D eigenvalue weighted by molar-refractivity contribution is 5.60. The first-order valence-corrected chi connectivity index (χ1v) is 8.67. The van der Waals surface area contributed by atoms with Crippen molar-refractivity contribution in [3.05, 3.63) is 42.0 Å². The second-order valence-electron chi connectivity index (χ2n) is 6.73. The molecule has 6 nitrogen and oxygen atoms in total. The van der Waals surface area contributed by atoms with E-state index in [9.17, 15) is 9.65 Å². The molecule has 0 radical (unpaired) electrons. The summed E-state index contributed by atoms with van der Waals surface area (Å²) in [5, 5.41) is 9.32. The van der Waals surface area contributed by atoms with E-state index in [2.05, 4.69) is 19.8 Å². The molecule has 2 heterocycles. The number of hydrogen-bond donors (Lipinski definition) is 0. The van der Waals surface area contributed by atoms with Gasteiger partial charge in [-0.15, -0.1) is 0 Å². The van der Waals surface area contributed by atoms with Gasteiger partial charge >= 0.3 is 0 Å². The average Bonchev–Trinajstić information content (AvgIpc) is 2.67. The van der Waals surface area contributed by atoms with E-state index in [0.29, 0.717) is 5.69 Å². The molecule has 1 aliphatic rings. The molecule has 1 atom stereocenters. The molecule has 1 fully saturated rings. The predicted molar refractivity (Wildman–Crippen MR) is 101 cm³/mol. The molecule has 0 amide bonds. The highest BCUT2D eigenvalue weighted by Crippen LogP contribution is 2.28. The minimum atomic E-state index is -0.466. The van der Waals surface area contributed by atoms with Gasteiger partial charge in [-0.1, -0.05) is 6.07 Å². The van der Waals surface area contributed by atoms with Crippen LogP contribution in [0.1, 0.15) is 18.4 Å². The van der Waals surface area contributed by atoms with Crippen molar-refractivity contribution in [1.29, 1.82) is 5.26 Å². The molecule has 0 spiro atoms. The molecule has 0 N–H and O–H groups in total. The molecular weight excluding hydrogens is 331 g/mol. The minimum Gasteiger partial charge on any atom is -0.368 e. The molecule has 3 rings (SSSR count). The van der Waals surface area contributed by atoms with E-state index in [1.165, 1.54) is 6.07 Å². The lowest BCUT2D eigenvalue weighted by atomic mass is 10.0. The molecule has 1 aliphatic heterocycles. The van der Waals surface area contributed by atoms with E-state index in [0.717, 1.165) is 37.6 Å². The van der Waals surface area contributed by atoms with Crippen LogP contribution in [0.15, 0.2) is 30.6 Å². The van der Waals surface area contributed by atoms with E-state index in [-0.39, 0.29) is 11.6 Å². The largest absolute Gasteiger partial charge is 0.368 e. The van der Waals surface area contributed by atoms with E-state index in [4.69, 9.17) is 0 Å². The maximum atomic E-state index is 14.0. The van der Waals surface area contributed by atoms with Crippen LogP contribution >= 0.6 is 0 Å². The first-order chi connectivity index (χ1) is 12.5. The van der Waals surface area contributed by atoms with Gasteiger partial charge in [-0.05, 0) is 25.0 Å². The van der Waals surface area contributed by atoms with Crippen molar-refractivity contribution >= 4 is 17.3 Å². The zero-order valence-corrected chi connectivity index (χ0v) is 15.4. The molecule has 2 aromatic rings. The number of likely N-dealkylation sites (N-methyl/N-ethyl adjacent to an activating group) is 1. The maximum Gasteiger partial charge on any atom is 0.143 e. The molecule has 0 saturated carbocycles. The lowest BCUT2D eigenvalue weighted by Crippen LogP contribution is -2.47. The zero-order valence-electron chi connectivity index (χ0n) is 15.4. The second kappa shape index (κ2) is 7.56. The van der Waals surface area contributed by atoms with Gasteiger partial charge < -0.3 is 14.7 Å². The fourth-order valence-electron chi connectivity index (χ4n) is 3.34. The monoisotopic (exact) mass is 354 g/mol. The van der Waals surface area contributed by atoms with Crippen molar-refractivity contribution in [1.82, 2.24) is 9.97 Å². The Balaban J connectivity index is 1.82. The number of anilines is 3. The van der Waals surface area contributed by atoms with Crippen molar-refractivity contribution in [2.75, 3.05) is 48.9 Å². The number of benzene rings is 1. The summed E-state index contributed by atoms with van der Waals surface area (Å²) in [6.45, 7) is 1.53. The summed E-state index contributed by atoms with van der Waals surface area (Å²) >= 11 is 0. The van der Waals surface area contributed by atoms with E-state index in [1.807, 2.05) is 44.2 Å². The normalized spacial score (nSPS) is 16.9. The number of nitrogens with zero attached hydrogens (tertiary/aromatic N) is 6. The molecule has 7 heteroatoms. The Bertz CT molecular complexity index is 816. The Morgan fingerprint density at radius 3 is 2.73 bits per heavy atom. The topological polar surface area (TPSA) is 59.3 Å². The SMILES string of the molecule is CN(C)c1cc(N(C)C2CCCN(c3cccc(F)c3C#N)C2)ncn1. The number of halogens is 1. The summed E-state index contributed by atoms with van der Waals surface area (Å²) in [6, 6.07) is 9.00. The molecule has 1 aromatic heterocycles. The quantitative estimate of drug-likeness (QED) is 0.841. The molecule has 0 bridgehead atoms. The lowest BCUT2D eigenvalue weighted by Gasteiger charge is -2.39. The van der Waals surface area contributed by atoms with Gasteiger partial charge in [0.2, 0.25) is 0 Å². The van der Waals surface area contributed by atoms with Gasteiger partial charge in [-0.2, -0.15) is 5.26 Å². The van der Waals surface area contributed by atoms with Crippen molar-refractivity contribution in [3.8, 4) is 6.07 Å². The first-order valence-electron chi connectivity index (χ1n) is 8.67. The Hall–Kier alpha value is -2.88. The van der Waals surface area contributed by atoms with E-state index >= 15 is 0 Å². The van der Waals surface area contributed by atoms with Crippen LogP contribution in [0.25, 0.3) is 0 Å². The Morgan fingerprint density at radius 2 is 2.00 bits per heavy atom. The second-order valence-corrected chi connectivity index (χ2v) is 6.73. The summed E-state index contributed by atoms with van der Waals surface area (Å²) in [6.07, 6.45) is 3.57. The third-order valence-corrected chi connectivity index (χ3v) is 4.85. The molecule has 0 aliphatic carbocycles. The lowest BCUT2D eigenvalue weighted by molar-refractivity contribution is 0.484. The number of rotatable bonds is 4. The molecule has 26 heavy (non-hydrogen) atoms. The number of nitriles is 1. The highest BCUT2D eigenvalue weighted by Gasteiger charge is 2.26. The summed E-state index contributed by atoms with van der Waals surface area (Å²) in [4.78, 5) is 14.8. The van der Waals surface area contributed by atoms with Crippen LogP contribution in [0.2, 0.25) is 0 Å². The zero-order chi connectivity index (χ0) is 18.7. The van der Waals surface area contributed by atoms with Gasteiger partial charge in [-0.3, -0.25) is 0 Å². The number of piperidine rings is 1. The summed E-state index contributed by atoms with van der Waals surface area (Å²) in [7, 11) is 5.91. The van der Waals surface area contributed by atoms with Gasteiger partial charge in [0, 0.05) is 46.3 Å². The first kappa shape index (κ1) is 17.9. The van der Waals surface area contributed by atoms with Crippen molar-refractivity contribution < 1.29 is 4.39 Å². The van der Waals surface area contributed by atoms with Crippen LogP contribution in [0.4, 0.5) is 21.7 Å². The number of aromatic nitrogens is 2. The Labute approximate surface area is 153 Å². The molecule has 136 valence electrons. The highest BCUT2D eigenvalue weighted by atomic mass is 19.1. The van der Waals surface area contributed by atoms with Gasteiger partial charge in [-0.25, -0.2) is 14.4 Å². The number of hydrogen-bond acceptors (Lipinski definition) is 6. The molecule has 1 aromatic carbocycles. The van der Waals surface area contributed by atoms with Crippen LogP contribution in [0, 0.1) is 17.1 Å². The summed E-state index contributed by atoms with van der Waals surface area (Å²) in [5.74, 6) is 1.24. The molecular formula is C19H23FN6. The standard InChI is InChI=1S/C19H23FN6/c1-24(2)18-10-19(23-13-22-18)25(3)14-6-5-9-26(12-14)17-8-4-7-16(20)15(17)11-21/h4,7-8,10,13-14H,5-6,9,12H2,1-3H3. The van der Waals surface area contributed by atoms with Gasteiger partial charge in [0.15, 0.2) is 0 Å². The van der Waals surface area contributed by atoms with Crippen LogP contribution in [0.5, 0.6) is 0 Å². The van der Waals surface area contributed by atoms with Crippen molar-refractivity contribution in [2.45, 2.75) is 18.9 Å². The Morgan fingerprint density at radius 1 is 1.23 bits per heavy atom. The maximum absolute atomic E-state index is 14.0. The van der Waals surface area contributed by atoms with Crippen LogP contribution in [-0.2, 0) is 0 Å². The van der Waals surface area contributed by atoms with E-state index in [1.54, 1.807) is 12.4 Å². The third-order valence-electron chi connectivity index (χ3n) is 4.85. The van der Waals surface area contributed by atoms with Crippen molar-refractivity contribution in [2.24, 2.45) is 0 Å².